The Labute approximate surface area is 213 Å². The molecule has 2 N–H and O–H groups in total. The van der Waals surface area contributed by atoms with E-state index in [2.05, 4.69) is 82.9 Å². The molecule has 1 saturated heterocycles. The largest absolute Gasteiger partial charge is 0.357 e. The maximum Gasteiger partial charge on any atom is 0.222 e. The number of hydrogen-bond acceptors (Lipinski definition) is 2. The molecule has 0 unspecified atom stereocenters. The lowest BCUT2D eigenvalue weighted by Gasteiger charge is -2.16. The maximum absolute atomic E-state index is 11.9. The number of fused-ring (bicyclic) bond motifs is 1. The number of likely N-dealkylation sites (tertiary alicyclic amines) is 1. The van der Waals surface area contributed by atoms with Crippen LogP contribution in [0.4, 0.5) is 0 Å². The van der Waals surface area contributed by atoms with Gasteiger partial charge in [0, 0.05) is 50.9 Å². The number of guanidine groups is 1. The molecule has 33 heavy (non-hydrogen) atoms. The Bertz CT molecular complexity index is 1080. The second-order valence-corrected chi connectivity index (χ2v) is 8.28. The van der Waals surface area contributed by atoms with E-state index in [1.165, 1.54) is 16.5 Å². The van der Waals surface area contributed by atoms with Gasteiger partial charge in [0.15, 0.2) is 5.96 Å². The molecular formula is C26H34IN5O. The second kappa shape index (κ2) is 12.6. The monoisotopic (exact) mass is 559 g/mol. The van der Waals surface area contributed by atoms with Crippen LogP contribution in [0, 0.1) is 0 Å². The van der Waals surface area contributed by atoms with Gasteiger partial charge in [-0.1, -0.05) is 42.5 Å². The molecule has 7 heteroatoms. The van der Waals surface area contributed by atoms with Crippen LogP contribution in [-0.4, -0.2) is 41.0 Å². The van der Waals surface area contributed by atoms with Gasteiger partial charge in [0.05, 0.1) is 6.54 Å². The van der Waals surface area contributed by atoms with E-state index in [0.717, 1.165) is 50.5 Å². The highest BCUT2D eigenvalue weighted by Gasteiger charge is 2.19. The van der Waals surface area contributed by atoms with Crippen molar-refractivity contribution in [3.05, 3.63) is 71.9 Å². The SMILES string of the molecule is CCNC(=NCc1cccc(CN2CCCC2=O)c1)NCCCn1ccc2ccccc21.I. The molecule has 0 atom stereocenters. The summed E-state index contributed by atoms with van der Waals surface area (Å²) in [6.07, 6.45) is 4.83. The molecule has 176 valence electrons. The van der Waals surface area contributed by atoms with Gasteiger partial charge in [-0.15, -0.1) is 24.0 Å². The minimum absolute atomic E-state index is 0. The lowest BCUT2D eigenvalue weighted by atomic mass is 10.1. The topological polar surface area (TPSA) is 61.7 Å². The second-order valence-electron chi connectivity index (χ2n) is 8.28. The molecule has 4 rings (SSSR count). The summed E-state index contributed by atoms with van der Waals surface area (Å²) in [7, 11) is 0. The quantitative estimate of drug-likeness (QED) is 0.175. The molecule has 0 radical (unpaired) electrons. The Kier molecular flexibility index (Phi) is 9.60. The maximum atomic E-state index is 11.9. The van der Waals surface area contributed by atoms with Crippen LogP contribution in [0.3, 0.4) is 0 Å². The van der Waals surface area contributed by atoms with E-state index in [0.29, 0.717) is 19.5 Å². The van der Waals surface area contributed by atoms with Gasteiger partial charge in [-0.3, -0.25) is 4.79 Å². The van der Waals surface area contributed by atoms with Crippen LogP contribution in [0.5, 0.6) is 0 Å². The molecule has 1 amide bonds. The molecule has 2 heterocycles. The van der Waals surface area contributed by atoms with Crippen molar-refractivity contribution < 1.29 is 4.79 Å². The fourth-order valence-corrected chi connectivity index (χ4v) is 4.22. The average Bonchev–Trinajstić information content (AvgIpc) is 3.41. The molecular weight excluding hydrogens is 525 g/mol. The number of nitrogens with zero attached hydrogens (tertiary/aromatic N) is 3. The molecule has 0 bridgehead atoms. The summed E-state index contributed by atoms with van der Waals surface area (Å²) >= 11 is 0. The number of amides is 1. The number of aryl methyl sites for hydroxylation is 1. The lowest BCUT2D eigenvalue weighted by Crippen LogP contribution is -2.38. The van der Waals surface area contributed by atoms with Crippen molar-refractivity contribution >= 4 is 46.7 Å². The molecule has 6 nitrogen and oxygen atoms in total. The summed E-state index contributed by atoms with van der Waals surface area (Å²) in [5, 5.41) is 8.07. The number of rotatable bonds is 9. The van der Waals surface area contributed by atoms with Gasteiger partial charge >= 0.3 is 0 Å². The van der Waals surface area contributed by atoms with Crippen molar-refractivity contribution in [2.45, 2.75) is 45.8 Å². The summed E-state index contributed by atoms with van der Waals surface area (Å²) in [5.74, 6) is 1.10. The molecule has 1 aliphatic heterocycles. The normalized spacial score (nSPS) is 13.9. The smallest absolute Gasteiger partial charge is 0.222 e. The first-order valence-corrected chi connectivity index (χ1v) is 11.6. The van der Waals surface area contributed by atoms with E-state index in [4.69, 9.17) is 4.99 Å². The number of aliphatic imine (C=N–C) groups is 1. The number of aromatic nitrogens is 1. The number of carbonyl (C=O) groups is 1. The Balaban J connectivity index is 0.00000306. The van der Waals surface area contributed by atoms with Crippen LogP contribution >= 0.6 is 24.0 Å². The van der Waals surface area contributed by atoms with E-state index >= 15 is 0 Å². The Morgan fingerprint density at radius 1 is 1.06 bits per heavy atom. The van der Waals surface area contributed by atoms with Crippen LogP contribution in [-0.2, 0) is 24.4 Å². The van der Waals surface area contributed by atoms with Crippen molar-refractivity contribution in [3.8, 4) is 0 Å². The molecule has 0 saturated carbocycles. The van der Waals surface area contributed by atoms with Gasteiger partial charge in [-0.05, 0) is 48.4 Å². The van der Waals surface area contributed by atoms with E-state index in [1.807, 2.05) is 4.90 Å². The zero-order chi connectivity index (χ0) is 22.2. The summed E-state index contributed by atoms with van der Waals surface area (Å²) in [6.45, 7) is 6.91. The minimum atomic E-state index is 0. The number of benzene rings is 2. The molecule has 1 aromatic heterocycles. The van der Waals surface area contributed by atoms with E-state index < -0.39 is 0 Å². The van der Waals surface area contributed by atoms with Crippen molar-refractivity contribution in [1.29, 1.82) is 0 Å². The Morgan fingerprint density at radius 3 is 2.73 bits per heavy atom. The van der Waals surface area contributed by atoms with Crippen molar-refractivity contribution in [1.82, 2.24) is 20.1 Å². The average molecular weight is 559 g/mol. The van der Waals surface area contributed by atoms with Gasteiger partial charge in [-0.25, -0.2) is 4.99 Å². The van der Waals surface area contributed by atoms with Crippen molar-refractivity contribution in [2.75, 3.05) is 19.6 Å². The molecule has 2 aromatic carbocycles. The van der Waals surface area contributed by atoms with Crippen LogP contribution in [0.1, 0.15) is 37.3 Å². The summed E-state index contributed by atoms with van der Waals surface area (Å²) in [5.41, 5.74) is 3.61. The van der Waals surface area contributed by atoms with Gasteiger partial charge < -0.3 is 20.1 Å². The van der Waals surface area contributed by atoms with E-state index in [1.54, 1.807) is 0 Å². The summed E-state index contributed by atoms with van der Waals surface area (Å²) < 4.78 is 2.30. The highest BCUT2D eigenvalue weighted by atomic mass is 127. The standard InChI is InChI=1S/C26H33N5O.HI/c1-2-27-26(28-14-7-16-30-17-13-23-10-3-4-11-24(23)30)29-19-21-8-5-9-22(18-21)20-31-15-6-12-25(31)32;/h3-5,8-11,13,17-18H,2,6-7,12,14-16,19-20H2,1H3,(H2,27,28,29);1H. The zero-order valence-electron chi connectivity index (χ0n) is 19.3. The number of halogens is 1. The van der Waals surface area contributed by atoms with Gasteiger partial charge in [0.2, 0.25) is 5.91 Å². The third-order valence-electron chi connectivity index (χ3n) is 5.85. The molecule has 0 aliphatic carbocycles. The number of carbonyl (C=O) groups excluding carboxylic acids is 1. The first-order chi connectivity index (χ1) is 15.7. The summed E-state index contributed by atoms with van der Waals surface area (Å²) in [4.78, 5) is 18.6. The molecule has 1 aliphatic rings. The third-order valence-corrected chi connectivity index (χ3v) is 5.85. The van der Waals surface area contributed by atoms with Gasteiger partial charge in [-0.2, -0.15) is 0 Å². The summed E-state index contributed by atoms with van der Waals surface area (Å²) in [6, 6.07) is 19.1. The van der Waals surface area contributed by atoms with Crippen LogP contribution in [0.15, 0.2) is 65.8 Å². The third kappa shape index (κ3) is 6.96. The molecule has 1 fully saturated rings. The Hall–Kier alpha value is -2.55. The van der Waals surface area contributed by atoms with Gasteiger partial charge in [0.1, 0.15) is 0 Å². The minimum Gasteiger partial charge on any atom is -0.357 e. The van der Waals surface area contributed by atoms with Gasteiger partial charge in [0.25, 0.3) is 0 Å². The first-order valence-electron chi connectivity index (χ1n) is 11.6. The number of para-hydroxylation sites is 1. The fraction of sp³-hybridized carbons (Fsp3) is 0.385. The van der Waals surface area contributed by atoms with E-state index in [-0.39, 0.29) is 29.9 Å². The molecule has 3 aromatic rings. The predicted molar refractivity (Wildman–Crippen MR) is 146 cm³/mol. The van der Waals surface area contributed by atoms with E-state index in [9.17, 15) is 4.79 Å². The first kappa shape index (κ1) is 25.1. The van der Waals surface area contributed by atoms with Crippen molar-refractivity contribution in [2.24, 2.45) is 4.99 Å². The lowest BCUT2D eigenvalue weighted by molar-refractivity contribution is -0.128. The predicted octanol–water partition coefficient (Wildman–Crippen LogP) is 4.53. The number of nitrogens with one attached hydrogen (secondary N) is 2. The molecule has 0 spiro atoms. The zero-order valence-corrected chi connectivity index (χ0v) is 21.6. The highest BCUT2D eigenvalue weighted by molar-refractivity contribution is 14.0. The van der Waals surface area contributed by atoms with Crippen LogP contribution in [0.2, 0.25) is 0 Å². The highest BCUT2D eigenvalue weighted by Crippen LogP contribution is 2.16. The van der Waals surface area contributed by atoms with Crippen molar-refractivity contribution in [3.63, 3.8) is 0 Å². The van der Waals surface area contributed by atoms with Crippen LogP contribution < -0.4 is 10.6 Å². The van der Waals surface area contributed by atoms with Crippen LogP contribution in [0.25, 0.3) is 10.9 Å². The Morgan fingerprint density at radius 2 is 1.91 bits per heavy atom. The number of hydrogen-bond donors (Lipinski definition) is 2. The fourth-order valence-electron chi connectivity index (χ4n) is 4.22.